The molecule has 2 aromatic heterocycles. The van der Waals surface area contributed by atoms with Gasteiger partial charge in [-0.05, 0) is 12.8 Å². The van der Waals surface area contributed by atoms with Gasteiger partial charge in [0, 0.05) is 32.4 Å². The van der Waals surface area contributed by atoms with Crippen LogP contribution in [-0.4, -0.2) is 59.8 Å². The number of halogens is 1. The Balaban J connectivity index is 1.55. The van der Waals surface area contributed by atoms with Crippen molar-refractivity contribution in [1.29, 1.82) is 0 Å². The Morgan fingerprint density at radius 1 is 1.50 bits per heavy atom. The van der Waals surface area contributed by atoms with Gasteiger partial charge in [0.25, 0.3) is 5.91 Å². The Labute approximate surface area is 170 Å². The number of aromatic carboxylic acids is 1. The van der Waals surface area contributed by atoms with E-state index in [9.17, 15) is 9.59 Å². The monoisotopic (exact) mass is 422 g/mol. The Morgan fingerprint density at radius 3 is 2.89 bits per heavy atom. The lowest BCUT2D eigenvalue weighted by molar-refractivity contribution is 0.0701. The first-order valence-electron chi connectivity index (χ1n) is 8.59. The number of methoxy groups -OCH3 is 1. The summed E-state index contributed by atoms with van der Waals surface area (Å²) in [7, 11) is 1.55. The van der Waals surface area contributed by atoms with Crippen molar-refractivity contribution >= 4 is 39.9 Å². The Bertz CT molecular complexity index is 922. The molecule has 0 saturated carbocycles. The number of anilines is 1. The van der Waals surface area contributed by atoms with Crippen LogP contribution in [0.4, 0.5) is 5.13 Å². The van der Waals surface area contributed by atoms with Gasteiger partial charge in [0.15, 0.2) is 5.13 Å². The number of piperidine rings is 1. The van der Waals surface area contributed by atoms with Crippen molar-refractivity contribution < 1.29 is 19.4 Å². The first-order valence-corrected chi connectivity index (χ1v) is 9.78. The number of carboxylic acid groups (broad SMARTS) is 1. The molecule has 0 aliphatic carbocycles. The maximum absolute atomic E-state index is 12.5. The first-order chi connectivity index (χ1) is 13.5. The number of carboxylic acids is 1. The third-order valence-electron chi connectivity index (χ3n) is 4.29. The van der Waals surface area contributed by atoms with Crippen LogP contribution in [0, 0.1) is 11.8 Å². The van der Waals surface area contributed by atoms with Crippen molar-refractivity contribution in [1.82, 2.24) is 15.3 Å². The minimum absolute atomic E-state index is 0.00467. The van der Waals surface area contributed by atoms with Crippen LogP contribution in [0.1, 0.15) is 38.6 Å². The third-order valence-corrected chi connectivity index (χ3v) is 5.73. The van der Waals surface area contributed by atoms with E-state index in [1.54, 1.807) is 13.3 Å². The van der Waals surface area contributed by atoms with Gasteiger partial charge in [0.2, 0.25) is 0 Å². The molecular weight excluding hydrogens is 404 g/mol. The van der Waals surface area contributed by atoms with E-state index in [0.29, 0.717) is 28.8 Å². The number of nitrogens with zero attached hydrogens (tertiary/aromatic N) is 2. The number of amides is 1. The highest BCUT2D eigenvalue weighted by Crippen LogP contribution is 2.26. The van der Waals surface area contributed by atoms with E-state index in [2.05, 4.69) is 27.1 Å². The molecule has 3 N–H and O–H groups in total. The summed E-state index contributed by atoms with van der Waals surface area (Å²) in [6.07, 6.45) is 4.43. The summed E-state index contributed by atoms with van der Waals surface area (Å²) in [6.45, 7) is 1.65. The molecule has 148 valence electrons. The molecule has 8 nitrogen and oxygen atoms in total. The molecular formula is C18H19ClN4O4S. The quantitative estimate of drug-likeness (QED) is 0.638. The smallest absolute Gasteiger partial charge is 0.347 e. The Morgan fingerprint density at radius 2 is 2.25 bits per heavy atom. The molecule has 0 unspecified atom stereocenters. The number of carbonyl (C=O) groups is 2. The van der Waals surface area contributed by atoms with E-state index in [1.165, 1.54) is 6.20 Å². The second-order valence-corrected chi connectivity index (χ2v) is 7.56. The second kappa shape index (κ2) is 9.10. The lowest BCUT2D eigenvalue weighted by Gasteiger charge is -2.32. The molecule has 0 atom stereocenters. The molecule has 3 heterocycles. The van der Waals surface area contributed by atoms with E-state index >= 15 is 0 Å². The summed E-state index contributed by atoms with van der Waals surface area (Å²) in [5.74, 6) is 4.41. The number of nitrogens with one attached hydrogen (secondary N) is 2. The molecule has 1 fully saturated rings. The molecule has 3 rings (SSSR count). The molecule has 28 heavy (non-hydrogen) atoms. The highest BCUT2D eigenvalue weighted by molar-refractivity contribution is 7.17. The second-order valence-electron chi connectivity index (χ2n) is 6.17. The average molecular weight is 423 g/mol. The average Bonchev–Trinajstić information content (AvgIpc) is 3.30. The third kappa shape index (κ3) is 4.65. The van der Waals surface area contributed by atoms with Crippen molar-refractivity contribution in [2.24, 2.45) is 0 Å². The normalized spacial score (nSPS) is 14.4. The van der Waals surface area contributed by atoms with Gasteiger partial charge in [-0.1, -0.05) is 34.8 Å². The molecule has 1 aliphatic heterocycles. The zero-order valence-electron chi connectivity index (χ0n) is 15.1. The van der Waals surface area contributed by atoms with Gasteiger partial charge < -0.3 is 25.0 Å². The number of rotatable bonds is 5. The van der Waals surface area contributed by atoms with Crippen LogP contribution in [-0.2, 0) is 4.74 Å². The molecule has 0 spiro atoms. The predicted octanol–water partition coefficient (Wildman–Crippen LogP) is 2.22. The van der Waals surface area contributed by atoms with Crippen LogP contribution in [0.25, 0.3) is 0 Å². The van der Waals surface area contributed by atoms with Gasteiger partial charge in [0.05, 0.1) is 16.8 Å². The number of hydrogen-bond acceptors (Lipinski definition) is 6. The summed E-state index contributed by atoms with van der Waals surface area (Å²) in [4.78, 5) is 32.8. The molecule has 0 radical (unpaired) electrons. The van der Waals surface area contributed by atoms with Crippen molar-refractivity contribution in [3.8, 4) is 11.8 Å². The summed E-state index contributed by atoms with van der Waals surface area (Å²) in [6, 6.07) is 0.00467. The largest absolute Gasteiger partial charge is 0.477 e. The van der Waals surface area contributed by atoms with E-state index < -0.39 is 5.97 Å². The lowest BCUT2D eigenvalue weighted by atomic mass is 10.1. The van der Waals surface area contributed by atoms with E-state index in [0.717, 1.165) is 24.2 Å². The first kappa shape index (κ1) is 20.2. The number of thiazole rings is 1. The summed E-state index contributed by atoms with van der Waals surface area (Å²) < 4.78 is 4.87. The van der Waals surface area contributed by atoms with Crippen molar-refractivity contribution in [3.05, 3.63) is 33.6 Å². The molecule has 1 aliphatic rings. The summed E-state index contributed by atoms with van der Waals surface area (Å²) in [5.41, 5.74) is 0.841. The maximum atomic E-state index is 12.5. The fourth-order valence-electron chi connectivity index (χ4n) is 2.85. The molecule has 1 saturated heterocycles. The van der Waals surface area contributed by atoms with Crippen LogP contribution in [0.3, 0.4) is 0 Å². The Kier molecular flexibility index (Phi) is 6.57. The number of aromatic amines is 1. The van der Waals surface area contributed by atoms with E-state index in [4.69, 9.17) is 21.4 Å². The van der Waals surface area contributed by atoms with Gasteiger partial charge in [-0.3, -0.25) is 4.79 Å². The molecule has 1 amide bonds. The number of ether oxygens (including phenoxy) is 1. The molecule has 0 bridgehead atoms. The van der Waals surface area contributed by atoms with Crippen LogP contribution in [0.15, 0.2) is 12.4 Å². The van der Waals surface area contributed by atoms with Crippen LogP contribution < -0.4 is 10.2 Å². The minimum atomic E-state index is -0.972. The Hall–Kier alpha value is -2.54. The van der Waals surface area contributed by atoms with Crippen molar-refractivity contribution in [2.75, 3.05) is 31.7 Å². The van der Waals surface area contributed by atoms with Gasteiger partial charge >= 0.3 is 5.97 Å². The minimum Gasteiger partial charge on any atom is -0.477 e. The zero-order valence-corrected chi connectivity index (χ0v) is 16.7. The number of aromatic nitrogens is 2. The van der Waals surface area contributed by atoms with Gasteiger partial charge in [-0.15, -0.1) is 0 Å². The van der Waals surface area contributed by atoms with Crippen molar-refractivity contribution in [3.63, 3.8) is 0 Å². The predicted molar refractivity (Wildman–Crippen MR) is 106 cm³/mol. The standard InChI is InChI=1S/C18H19ClN4O4S/c1-27-8-2-3-11-9-20-15(14(11)19)16(24)22-12-4-6-23(7-5-12)18-21-10-13(28-18)17(25)26/h9-10,12,20H,4-8H2,1H3,(H,22,24)(H,25,26). The fraction of sp³-hybridized carbons (Fsp3) is 0.389. The topological polar surface area (TPSA) is 108 Å². The van der Waals surface area contributed by atoms with Crippen LogP contribution in [0.5, 0.6) is 0 Å². The number of carbonyl (C=O) groups excluding carboxylic acids is 1. The highest BCUT2D eigenvalue weighted by atomic mass is 35.5. The van der Waals surface area contributed by atoms with Gasteiger partial charge in [-0.2, -0.15) is 0 Å². The van der Waals surface area contributed by atoms with Gasteiger partial charge in [-0.25, -0.2) is 9.78 Å². The molecule has 0 aromatic carbocycles. The summed E-state index contributed by atoms with van der Waals surface area (Å²) >= 11 is 7.40. The molecule has 2 aromatic rings. The van der Waals surface area contributed by atoms with Crippen LogP contribution in [0.2, 0.25) is 5.02 Å². The highest BCUT2D eigenvalue weighted by Gasteiger charge is 2.25. The van der Waals surface area contributed by atoms with E-state index in [1.807, 2.05) is 4.90 Å². The summed E-state index contributed by atoms with van der Waals surface area (Å²) in [5, 5.41) is 13.0. The maximum Gasteiger partial charge on any atom is 0.347 e. The van der Waals surface area contributed by atoms with Crippen LogP contribution >= 0.6 is 22.9 Å². The SMILES string of the molecule is COCC#Cc1c[nH]c(C(=O)NC2CCN(c3ncc(C(=O)O)s3)CC2)c1Cl. The fourth-order valence-corrected chi connectivity index (χ4v) is 3.90. The van der Waals surface area contributed by atoms with E-state index in [-0.39, 0.29) is 29.1 Å². The van der Waals surface area contributed by atoms with Crippen molar-refractivity contribution in [2.45, 2.75) is 18.9 Å². The zero-order chi connectivity index (χ0) is 20.1. The van der Waals surface area contributed by atoms with Gasteiger partial charge in [0.1, 0.15) is 17.2 Å². The lowest BCUT2D eigenvalue weighted by Crippen LogP contribution is -2.44. The number of hydrogen-bond donors (Lipinski definition) is 3. The number of H-pyrrole nitrogens is 1. The molecule has 10 heteroatoms.